The van der Waals surface area contributed by atoms with Crippen molar-refractivity contribution in [2.75, 3.05) is 23.8 Å². The Labute approximate surface area is 89.6 Å². The summed E-state index contributed by atoms with van der Waals surface area (Å²) in [5, 5.41) is 0. The number of nitrogens with two attached hydrogens (primary N) is 1. The van der Waals surface area contributed by atoms with Crippen molar-refractivity contribution in [3.05, 3.63) is 5.82 Å². The maximum absolute atomic E-state index is 5.88. The normalized spacial score (nSPS) is 27.0. The number of nitrogens with one attached hydrogen (secondary N) is 1. The second-order valence-corrected chi connectivity index (χ2v) is 4.20. The Balaban J connectivity index is 2.24. The zero-order valence-electron chi connectivity index (χ0n) is 9.45. The summed E-state index contributed by atoms with van der Waals surface area (Å²) in [7, 11) is 0. The molecule has 0 aliphatic carbocycles. The minimum atomic E-state index is 0.234. The lowest BCUT2D eigenvalue weighted by atomic mass is 10.2. The number of H-pyrrole nitrogens is 1. The van der Waals surface area contributed by atoms with Crippen LogP contribution in [0.5, 0.6) is 0 Å². The number of morpholine rings is 1. The monoisotopic (exact) mass is 210 g/mol. The molecule has 0 saturated carbocycles. The van der Waals surface area contributed by atoms with Crippen LogP contribution < -0.4 is 10.6 Å². The molecule has 1 saturated heterocycles. The molecule has 84 valence electrons. The molecule has 1 aliphatic heterocycles. The summed E-state index contributed by atoms with van der Waals surface area (Å²) >= 11 is 0. The molecular weight excluding hydrogens is 192 g/mol. The van der Waals surface area contributed by atoms with Crippen LogP contribution in [0.2, 0.25) is 0 Å². The first-order valence-corrected chi connectivity index (χ1v) is 5.28. The molecule has 1 aliphatic rings. The van der Waals surface area contributed by atoms with Crippen LogP contribution in [0.25, 0.3) is 0 Å². The van der Waals surface area contributed by atoms with Gasteiger partial charge < -0.3 is 20.4 Å². The lowest BCUT2D eigenvalue weighted by molar-refractivity contribution is 0.0341. The van der Waals surface area contributed by atoms with Crippen molar-refractivity contribution in [2.24, 2.45) is 0 Å². The van der Waals surface area contributed by atoms with Gasteiger partial charge in [0.25, 0.3) is 0 Å². The molecule has 2 atom stereocenters. The van der Waals surface area contributed by atoms with Gasteiger partial charge in [0.1, 0.15) is 11.6 Å². The molecule has 0 aromatic carbocycles. The second kappa shape index (κ2) is 3.73. The van der Waals surface area contributed by atoms with Crippen molar-refractivity contribution >= 4 is 11.6 Å². The lowest BCUT2D eigenvalue weighted by Gasteiger charge is -2.37. The number of hydrogen-bond donors (Lipinski definition) is 2. The minimum Gasteiger partial charge on any atom is -0.382 e. The van der Waals surface area contributed by atoms with Gasteiger partial charge in [-0.05, 0) is 20.8 Å². The molecular formula is C10H18N4O. The molecule has 1 aromatic heterocycles. The smallest absolute Gasteiger partial charge is 0.171 e. The van der Waals surface area contributed by atoms with Gasteiger partial charge >= 0.3 is 0 Å². The van der Waals surface area contributed by atoms with Crippen LogP contribution in [-0.2, 0) is 4.74 Å². The number of rotatable bonds is 1. The van der Waals surface area contributed by atoms with Crippen molar-refractivity contribution in [1.82, 2.24) is 9.97 Å². The fourth-order valence-corrected chi connectivity index (χ4v) is 1.92. The number of anilines is 2. The van der Waals surface area contributed by atoms with Gasteiger partial charge in [0.15, 0.2) is 5.82 Å². The summed E-state index contributed by atoms with van der Waals surface area (Å²) in [6.07, 6.45) is 0.234. The number of imidazole rings is 1. The van der Waals surface area contributed by atoms with E-state index < -0.39 is 0 Å². The van der Waals surface area contributed by atoms with E-state index in [9.17, 15) is 0 Å². The number of ether oxygens (including phenoxy) is 1. The molecule has 0 amide bonds. The Morgan fingerprint density at radius 3 is 2.87 bits per heavy atom. The number of nitrogen functional groups attached to an aromatic ring is 1. The summed E-state index contributed by atoms with van der Waals surface area (Å²) < 4.78 is 5.57. The highest BCUT2D eigenvalue weighted by molar-refractivity contribution is 5.59. The molecule has 0 spiro atoms. The predicted octanol–water partition coefficient (Wildman–Crippen LogP) is 0.914. The average Bonchev–Trinajstić information content (AvgIpc) is 2.50. The maximum atomic E-state index is 5.88. The average molecular weight is 210 g/mol. The molecule has 3 N–H and O–H groups in total. The maximum Gasteiger partial charge on any atom is 0.171 e. The molecule has 2 heterocycles. The van der Waals surface area contributed by atoms with Crippen LogP contribution in [0.4, 0.5) is 11.6 Å². The Bertz CT molecular complexity index is 349. The molecule has 0 bridgehead atoms. The summed E-state index contributed by atoms with van der Waals surface area (Å²) in [6, 6.07) is 0.325. The van der Waals surface area contributed by atoms with Crippen molar-refractivity contribution in [2.45, 2.75) is 32.9 Å². The molecule has 15 heavy (non-hydrogen) atoms. The first kappa shape index (κ1) is 10.3. The van der Waals surface area contributed by atoms with Crippen LogP contribution in [0.1, 0.15) is 19.7 Å². The van der Waals surface area contributed by atoms with E-state index in [1.165, 1.54) is 0 Å². The Morgan fingerprint density at radius 1 is 1.53 bits per heavy atom. The SMILES string of the molecule is Cc1nc(N2CC(C)OCC2C)c(N)[nH]1. The highest BCUT2D eigenvalue weighted by Gasteiger charge is 2.26. The van der Waals surface area contributed by atoms with Crippen LogP contribution in [-0.4, -0.2) is 35.3 Å². The first-order chi connectivity index (χ1) is 7.08. The number of aromatic nitrogens is 2. The topological polar surface area (TPSA) is 67.2 Å². The van der Waals surface area contributed by atoms with Crippen molar-refractivity contribution in [3.8, 4) is 0 Å². The van der Waals surface area contributed by atoms with Gasteiger partial charge in [0, 0.05) is 6.54 Å². The minimum absolute atomic E-state index is 0.234. The first-order valence-electron chi connectivity index (χ1n) is 5.28. The largest absolute Gasteiger partial charge is 0.382 e. The summed E-state index contributed by atoms with van der Waals surface area (Å²) in [5.74, 6) is 2.36. The summed E-state index contributed by atoms with van der Waals surface area (Å²) in [4.78, 5) is 9.63. The molecule has 5 heteroatoms. The molecule has 2 unspecified atom stereocenters. The Hall–Kier alpha value is -1.23. The van der Waals surface area contributed by atoms with Crippen molar-refractivity contribution < 1.29 is 4.74 Å². The van der Waals surface area contributed by atoms with Gasteiger partial charge in [-0.3, -0.25) is 0 Å². The van der Waals surface area contributed by atoms with Gasteiger partial charge in [0.05, 0.1) is 18.8 Å². The van der Waals surface area contributed by atoms with Crippen LogP contribution in [0.15, 0.2) is 0 Å². The van der Waals surface area contributed by atoms with E-state index in [0.717, 1.165) is 24.8 Å². The zero-order chi connectivity index (χ0) is 11.0. The van der Waals surface area contributed by atoms with E-state index in [4.69, 9.17) is 10.5 Å². The molecule has 5 nitrogen and oxygen atoms in total. The van der Waals surface area contributed by atoms with E-state index in [2.05, 4.69) is 28.7 Å². The van der Waals surface area contributed by atoms with Crippen LogP contribution >= 0.6 is 0 Å². The Kier molecular flexibility index (Phi) is 2.56. The number of nitrogens with zero attached hydrogens (tertiary/aromatic N) is 2. The summed E-state index contributed by atoms with van der Waals surface area (Å²) in [5.41, 5.74) is 5.88. The Morgan fingerprint density at radius 2 is 2.27 bits per heavy atom. The third-order valence-electron chi connectivity index (χ3n) is 2.71. The van der Waals surface area contributed by atoms with Gasteiger partial charge in [-0.2, -0.15) is 0 Å². The van der Waals surface area contributed by atoms with Crippen LogP contribution in [0.3, 0.4) is 0 Å². The molecule has 1 fully saturated rings. The lowest BCUT2D eigenvalue weighted by Crippen LogP contribution is -2.47. The fraction of sp³-hybridized carbons (Fsp3) is 0.700. The van der Waals surface area contributed by atoms with Gasteiger partial charge in [-0.25, -0.2) is 4.98 Å². The molecule has 2 rings (SSSR count). The van der Waals surface area contributed by atoms with E-state index in [1.54, 1.807) is 0 Å². The summed E-state index contributed by atoms with van der Waals surface area (Å²) in [6.45, 7) is 7.67. The number of aryl methyl sites for hydroxylation is 1. The van der Waals surface area contributed by atoms with Gasteiger partial charge in [0.2, 0.25) is 0 Å². The standard InChI is InChI=1S/C10H18N4O/c1-6-5-15-7(2)4-14(6)10-9(11)12-8(3)13-10/h6-7H,4-5,11H2,1-3H3,(H,12,13). The van der Waals surface area contributed by atoms with E-state index in [-0.39, 0.29) is 6.10 Å². The van der Waals surface area contributed by atoms with E-state index in [1.807, 2.05) is 6.92 Å². The van der Waals surface area contributed by atoms with Gasteiger partial charge in [-0.1, -0.05) is 0 Å². The number of aromatic amines is 1. The molecule has 0 radical (unpaired) electrons. The van der Waals surface area contributed by atoms with Crippen molar-refractivity contribution in [1.29, 1.82) is 0 Å². The quantitative estimate of drug-likeness (QED) is 0.723. The third-order valence-corrected chi connectivity index (χ3v) is 2.71. The van der Waals surface area contributed by atoms with Crippen LogP contribution in [0, 0.1) is 6.92 Å². The fourth-order valence-electron chi connectivity index (χ4n) is 1.92. The predicted molar refractivity (Wildman–Crippen MR) is 60.0 cm³/mol. The highest BCUT2D eigenvalue weighted by Crippen LogP contribution is 2.25. The third kappa shape index (κ3) is 1.92. The second-order valence-electron chi connectivity index (χ2n) is 4.20. The highest BCUT2D eigenvalue weighted by atomic mass is 16.5. The zero-order valence-corrected chi connectivity index (χ0v) is 9.45. The molecule has 1 aromatic rings. The number of hydrogen-bond acceptors (Lipinski definition) is 4. The van der Waals surface area contributed by atoms with Gasteiger partial charge in [-0.15, -0.1) is 0 Å². The van der Waals surface area contributed by atoms with E-state index in [0.29, 0.717) is 11.9 Å². The van der Waals surface area contributed by atoms with Crippen molar-refractivity contribution in [3.63, 3.8) is 0 Å². The van der Waals surface area contributed by atoms with E-state index >= 15 is 0 Å².